The fraction of sp³-hybridized carbons (Fsp3) is 0.483. The van der Waals surface area contributed by atoms with E-state index in [0.717, 1.165) is 16.7 Å². The van der Waals surface area contributed by atoms with Crippen LogP contribution >= 0.6 is 0 Å². The SMILES string of the molecule is CC(=O)C(C)(C)c1ccccc1C(C)(C)OC(=O)C(C)(C)C(=O)Cc1ccccc1.CCC. The van der Waals surface area contributed by atoms with Gasteiger partial charge in [-0.1, -0.05) is 74.9 Å². The minimum absolute atomic E-state index is 0.0236. The number of hydrogen-bond acceptors (Lipinski definition) is 4. The molecule has 0 aromatic heterocycles. The first kappa shape index (κ1) is 28.3. The van der Waals surface area contributed by atoms with Gasteiger partial charge < -0.3 is 4.74 Å². The fourth-order valence-electron chi connectivity index (χ4n) is 3.27. The Morgan fingerprint density at radius 1 is 0.758 bits per heavy atom. The second-order valence-electron chi connectivity index (χ2n) is 10.0. The first-order valence-electron chi connectivity index (χ1n) is 11.6. The van der Waals surface area contributed by atoms with Crippen molar-refractivity contribution in [2.75, 3.05) is 0 Å². The normalized spacial score (nSPS) is 11.8. The highest BCUT2D eigenvalue weighted by Crippen LogP contribution is 2.37. The molecule has 0 fully saturated rings. The molecule has 0 saturated carbocycles. The van der Waals surface area contributed by atoms with Gasteiger partial charge in [0.05, 0.1) is 0 Å². The van der Waals surface area contributed by atoms with Crippen LogP contribution in [0.15, 0.2) is 54.6 Å². The molecule has 0 bridgehead atoms. The van der Waals surface area contributed by atoms with E-state index >= 15 is 0 Å². The number of ketones is 2. The van der Waals surface area contributed by atoms with Gasteiger partial charge in [0.1, 0.15) is 16.8 Å². The molecule has 0 heterocycles. The third kappa shape index (κ3) is 7.12. The molecule has 4 heteroatoms. The third-order valence-electron chi connectivity index (χ3n) is 5.89. The predicted molar refractivity (Wildman–Crippen MR) is 134 cm³/mol. The molecule has 0 spiro atoms. The second kappa shape index (κ2) is 11.4. The van der Waals surface area contributed by atoms with E-state index in [1.54, 1.807) is 34.6 Å². The van der Waals surface area contributed by atoms with Crippen molar-refractivity contribution in [1.29, 1.82) is 0 Å². The third-order valence-corrected chi connectivity index (χ3v) is 5.89. The van der Waals surface area contributed by atoms with Crippen LogP contribution in [0.4, 0.5) is 0 Å². The number of hydrogen-bond donors (Lipinski definition) is 0. The zero-order valence-corrected chi connectivity index (χ0v) is 21.7. The van der Waals surface area contributed by atoms with Crippen molar-refractivity contribution in [3.63, 3.8) is 0 Å². The summed E-state index contributed by atoms with van der Waals surface area (Å²) < 4.78 is 5.89. The van der Waals surface area contributed by atoms with Gasteiger partial charge in [-0.25, -0.2) is 0 Å². The van der Waals surface area contributed by atoms with E-state index in [-0.39, 0.29) is 18.0 Å². The highest BCUT2D eigenvalue weighted by Gasteiger charge is 2.42. The maximum absolute atomic E-state index is 13.1. The number of Topliss-reactive ketones (excluding diaryl/α,β-unsaturated/α-hetero) is 2. The first-order chi connectivity index (χ1) is 15.2. The second-order valence-corrected chi connectivity index (χ2v) is 10.0. The van der Waals surface area contributed by atoms with Crippen molar-refractivity contribution in [1.82, 2.24) is 0 Å². The summed E-state index contributed by atoms with van der Waals surface area (Å²) in [5.41, 5.74) is -0.605. The van der Waals surface area contributed by atoms with Crippen molar-refractivity contribution in [3.8, 4) is 0 Å². The summed E-state index contributed by atoms with van der Waals surface area (Å²) in [6.45, 7) is 16.3. The molecule has 0 saturated heterocycles. The highest BCUT2D eigenvalue weighted by molar-refractivity contribution is 6.03. The standard InChI is InChI=1S/C26H32O4.C3H8/c1-18(27)24(2,3)20-15-11-12-16-21(20)26(6,7)30-23(29)25(4,5)22(28)17-19-13-9-8-10-14-19;1-3-2/h8-16H,17H2,1-7H3;3H2,1-2H3. The lowest BCUT2D eigenvalue weighted by Gasteiger charge is -2.35. The molecule has 180 valence electrons. The zero-order chi connectivity index (χ0) is 25.4. The van der Waals surface area contributed by atoms with Gasteiger partial charge in [0.15, 0.2) is 5.78 Å². The van der Waals surface area contributed by atoms with Crippen LogP contribution in [0.3, 0.4) is 0 Å². The van der Waals surface area contributed by atoms with Crippen molar-refractivity contribution in [2.45, 2.75) is 86.2 Å². The molecule has 0 atom stereocenters. The molecule has 0 aliphatic carbocycles. The van der Waals surface area contributed by atoms with Gasteiger partial charge in [-0.3, -0.25) is 14.4 Å². The van der Waals surface area contributed by atoms with Crippen molar-refractivity contribution in [2.24, 2.45) is 5.41 Å². The highest BCUT2D eigenvalue weighted by atomic mass is 16.6. The molecule has 4 nitrogen and oxygen atoms in total. The minimum atomic E-state index is -1.29. The Bertz CT molecular complexity index is 953. The number of ether oxygens (including phenoxy) is 1. The van der Waals surface area contributed by atoms with Crippen LogP contribution in [0.5, 0.6) is 0 Å². The molecule has 33 heavy (non-hydrogen) atoms. The lowest BCUT2D eigenvalue weighted by molar-refractivity contribution is -0.170. The van der Waals surface area contributed by atoms with Gasteiger partial charge in [-0.15, -0.1) is 0 Å². The molecule has 2 rings (SSSR count). The number of benzene rings is 2. The van der Waals surface area contributed by atoms with Gasteiger partial charge in [0.2, 0.25) is 0 Å². The van der Waals surface area contributed by atoms with Crippen molar-refractivity contribution < 1.29 is 19.1 Å². The summed E-state index contributed by atoms with van der Waals surface area (Å²) in [6, 6.07) is 16.8. The van der Waals surface area contributed by atoms with Crippen LogP contribution < -0.4 is 0 Å². The summed E-state index contributed by atoms with van der Waals surface area (Å²) in [6.07, 6.45) is 1.41. The quantitative estimate of drug-likeness (QED) is 0.335. The minimum Gasteiger partial charge on any atom is -0.454 e. The smallest absolute Gasteiger partial charge is 0.319 e. The Morgan fingerprint density at radius 2 is 1.21 bits per heavy atom. The fourth-order valence-corrected chi connectivity index (χ4v) is 3.27. The number of esters is 1. The molecule has 0 amide bonds. The van der Waals surface area contributed by atoms with E-state index in [1.165, 1.54) is 6.42 Å². The first-order valence-corrected chi connectivity index (χ1v) is 11.6. The molecular weight excluding hydrogens is 412 g/mol. The Balaban J connectivity index is 0.00000172. The van der Waals surface area contributed by atoms with Crippen LogP contribution in [0.25, 0.3) is 0 Å². The lowest BCUT2D eigenvalue weighted by atomic mass is 9.75. The van der Waals surface area contributed by atoms with Crippen LogP contribution in [0, 0.1) is 5.41 Å². The summed E-state index contributed by atoms with van der Waals surface area (Å²) >= 11 is 0. The molecule has 0 N–H and O–H groups in total. The summed E-state index contributed by atoms with van der Waals surface area (Å²) in [5, 5.41) is 0. The van der Waals surface area contributed by atoms with Gasteiger partial charge in [-0.05, 0) is 65.2 Å². The maximum atomic E-state index is 13.1. The molecule has 0 aliphatic heterocycles. The Kier molecular flexibility index (Phi) is 9.77. The van der Waals surface area contributed by atoms with E-state index < -0.39 is 22.4 Å². The van der Waals surface area contributed by atoms with Crippen LogP contribution in [-0.2, 0) is 36.6 Å². The van der Waals surface area contributed by atoms with Gasteiger partial charge >= 0.3 is 5.97 Å². The van der Waals surface area contributed by atoms with Gasteiger partial charge in [0, 0.05) is 11.8 Å². The largest absolute Gasteiger partial charge is 0.454 e. The van der Waals surface area contributed by atoms with E-state index in [4.69, 9.17) is 4.74 Å². The summed E-state index contributed by atoms with van der Waals surface area (Å²) in [7, 11) is 0. The van der Waals surface area contributed by atoms with E-state index in [2.05, 4.69) is 13.8 Å². The van der Waals surface area contributed by atoms with E-state index in [0.29, 0.717) is 0 Å². The Morgan fingerprint density at radius 3 is 1.70 bits per heavy atom. The average Bonchev–Trinajstić information content (AvgIpc) is 2.74. The molecule has 2 aromatic rings. The molecule has 0 unspecified atom stereocenters. The van der Waals surface area contributed by atoms with Gasteiger partial charge in [-0.2, -0.15) is 0 Å². The van der Waals surface area contributed by atoms with Crippen molar-refractivity contribution in [3.05, 3.63) is 71.3 Å². The number of carbonyl (C=O) groups is 3. The average molecular weight is 453 g/mol. The topological polar surface area (TPSA) is 60.4 Å². The Labute approximate surface area is 199 Å². The van der Waals surface area contributed by atoms with E-state index in [1.807, 2.05) is 68.4 Å². The zero-order valence-electron chi connectivity index (χ0n) is 21.7. The molecular formula is C29H40O4. The monoisotopic (exact) mass is 452 g/mol. The molecule has 2 aromatic carbocycles. The number of carbonyl (C=O) groups excluding carboxylic acids is 3. The van der Waals surface area contributed by atoms with Crippen molar-refractivity contribution >= 4 is 17.5 Å². The number of rotatable bonds is 8. The van der Waals surface area contributed by atoms with Gasteiger partial charge in [0.25, 0.3) is 0 Å². The lowest BCUT2D eigenvalue weighted by Crippen LogP contribution is -2.41. The molecule has 0 radical (unpaired) electrons. The Hall–Kier alpha value is -2.75. The van der Waals surface area contributed by atoms with E-state index in [9.17, 15) is 14.4 Å². The van der Waals surface area contributed by atoms with Crippen LogP contribution in [0.2, 0.25) is 0 Å². The van der Waals surface area contributed by atoms with Crippen LogP contribution in [0.1, 0.15) is 85.4 Å². The predicted octanol–water partition coefficient (Wildman–Crippen LogP) is 6.59. The van der Waals surface area contributed by atoms with Crippen LogP contribution in [-0.4, -0.2) is 17.5 Å². The molecule has 0 aliphatic rings. The summed E-state index contributed by atoms with van der Waals surface area (Å²) in [4.78, 5) is 38.2. The maximum Gasteiger partial charge on any atom is 0.319 e. The summed E-state index contributed by atoms with van der Waals surface area (Å²) in [5.74, 6) is -0.758.